The van der Waals surface area contributed by atoms with Crippen LogP contribution >= 0.6 is 11.6 Å². The van der Waals surface area contributed by atoms with E-state index < -0.39 is 17.7 Å². The Hall–Kier alpha value is -3.84. The van der Waals surface area contributed by atoms with Crippen molar-refractivity contribution in [3.05, 3.63) is 88.7 Å². The van der Waals surface area contributed by atoms with Crippen LogP contribution in [0.25, 0.3) is 5.76 Å². The third-order valence-corrected chi connectivity index (χ3v) is 5.45. The fraction of sp³-hybridized carbons (Fsp3) is 0.0870. The van der Waals surface area contributed by atoms with Crippen LogP contribution in [0.3, 0.4) is 0 Å². The van der Waals surface area contributed by atoms with Gasteiger partial charge in [0.2, 0.25) is 6.79 Å². The molecular weight excluding hydrogens is 420 g/mol. The van der Waals surface area contributed by atoms with Crippen molar-refractivity contribution in [1.82, 2.24) is 4.98 Å². The number of benzene rings is 2. The number of fused-ring (bicyclic) bond motifs is 1. The van der Waals surface area contributed by atoms with E-state index in [1.807, 2.05) is 0 Å². The van der Waals surface area contributed by atoms with Gasteiger partial charge in [-0.3, -0.25) is 19.5 Å². The monoisotopic (exact) mass is 434 g/mol. The summed E-state index contributed by atoms with van der Waals surface area (Å²) in [5.41, 5.74) is 1.36. The molecule has 0 radical (unpaired) electrons. The van der Waals surface area contributed by atoms with Crippen LogP contribution in [0, 0.1) is 0 Å². The number of aliphatic hydroxyl groups excluding tert-OH is 1. The second-order valence-corrected chi connectivity index (χ2v) is 7.44. The van der Waals surface area contributed by atoms with Gasteiger partial charge in [-0.15, -0.1) is 0 Å². The van der Waals surface area contributed by atoms with Gasteiger partial charge in [-0.05, 0) is 54.1 Å². The van der Waals surface area contributed by atoms with E-state index in [9.17, 15) is 14.7 Å². The number of amides is 1. The Labute approximate surface area is 182 Å². The maximum Gasteiger partial charge on any atom is 0.300 e. The zero-order valence-corrected chi connectivity index (χ0v) is 16.7. The molecule has 2 aliphatic rings. The first-order valence-electron chi connectivity index (χ1n) is 9.41. The van der Waals surface area contributed by atoms with Gasteiger partial charge in [0, 0.05) is 16.8 Å². The van der Waals surface area contributed by atoms with Crippen LogP contribution in [-0.2, 0) is 9.59 Å². The highest BCUT2D eigenvalue weighted by Crippen LogP contribution is 2.44. The molecule has 7 nitrogen and oxygen atoms in total. The number of nitrogens with zero attached hydrogens (tertiary/aromatic N) is 2. The van der Waals surface area contributed by atoms with Crippen molar-refractivity contribution in [1.29, 1.82) is 0 Å². The van der Waals surface area contributed by atoms with E-state index in [0.717, 1.165) is 0 Å². The summed E-state index contributed by atoms with van der Waals surface area (Å²) in [6.07, 6.45) is 3.07. The first-order valence-corrected chi connectivity index (χ1v) is 9.79. The van der Waals surface area contributed by atoms with Crippen molar-refractivity contribution in [2.45, 2.75) is 6.04 Å². The molecular formula is C23H15ClN2O5. The summed E-state index contributed by atoms with van der Waals surface area (Å²) in [5.74, 6) is -0.769. The van der Waals surface area contributed by atoms with Gasteiger partial charge >= 0.3 is 0 Å². The Morgan fingerprint density at radius 1 is 1.06 bits per heavy atom. The van der Waals surface area contributed by atoms with Crippen LogP contribution in [0.15, 0.2) is 72.6 Å². The second-order valence-electron chi connectivity index (χ2n) is 7.00. The molecule has 1 amide bonds. The number of aliphatic hydroxyl groups is 1. The summed E-state index contributed by atoms with van der Waals surface area (Å²) in [5, 5.41) is 11.5. The number of hydrogen-bond donors (Lipinski definition) is 1. The first kappa shape index (κ1) is 19.1. The molecule has 3 heterocycles. The molecule has 1 aromatic heterocycles. The lowest BCUT2D eigenvalue weighted by atomic mass is 9.95. The molecule has 0 aliphatic carbocycles. The van der Waals surface area contributed by atoms with Crippen LogP contribution in [0.5, 0.6) is 11.5 Å². The van der Waals surface area contributed by atoms with Gasteiger partial charge in [-0.2, -0.15) is 0 Å². The lowest BCUT2D eigenvalue weighted by Gasteiger charge is -2.25. The second kappa shape index (κ2) is 7.45. The van der Waals surface area contributed by atoms with Crippen molar-refractivity contribution in [2.75, 3.05) is 11.7 Å². The van der Waals surface area contributed by atoms with Crippen molar-refractivity contribution >= 4 is 34.7 Å². The van der Waals surface area contributed by atoms with E-state index in [-0.39, 0.29) is 18.1 Å². The number of halogens is 1. The van der Waals surface area contributed by atoms with Gasteiger partial charge in [0.1, 0.15) is 5.76 Å². The highest BCUT2D eigenvalue weighted by atomic mass is 35.5. The molecule has 154 valence electrons. The normalized spacial score (nSPS) is 19.1. The molecule has 0 bridgehead atoms. The highest BCUT2D eigenvalue weighted by Gasteiger charge is 2.47. The molecule has 31 heavy (non-hydrogen) atoms. The van der Waals surface area contributed by atoms with E-state index in [1.165, 1.54) is 11.1 Å². The summed E-state index contributed by atoms with van der Waals surface area (Å²) in [4.78, 5) is 31.5. The smallest absolute Gasteiger partial charge is 0.300 e. The Kier molecular flexibility index (Phi) is 4.60. The predicted molar refractivity (Wildman–Crippen MR) is 113 cm³/mol. The number of carbonyl (C=O) groups excluding carboxylic acids is 2. The van der Waals surface area contributed by atoms with Crippen molar-refractivity contribution in [3.63, 3.8) is 0 Å². The first-order chi connectivity index (χ1) is 15.0. The maximum atomic E-state index is 13.1. The van der Waals surface area contributed by atoms with E-state index in [4.69, 9.17) is 21.1 Å². The lowest BCUT2D eigenvalue weighted by Crippen LogP contribution is -2.29. The third-order valence-electron chi connectivity index (χ3n) is 5.20. The van der Waals surface area contributed by atoms with Gasteiger partial charge in [0.05, 0.1) is 23.5 Å². The summed E-state index contributed by atoms with van der Waals surface area (Å²) in [6.45, 7) is 0.0896. The van der Waals surface area contributed by atoms with Gasteiger partial charge in [-0.25, -0.2) is 0 Å². The van der Waals surface area contributed by atoms with Crippen LogP contribution in [0.4, 0.5) is 5.69 Å². The fourth-order valence-electron chi connectivity index (χ4n) is 3.76. The van der Waals surface area contributed by atoms with Gasteiger partial charge in [0.25, 0.3) is 11.7 Å². The average Bonchev–Trinajstić information content (AvgIpc) is 3.36. The summed E-state index contributed by atoms with van der Waals surface area (Å²) in [7, 11) is 0. The molecule has 1 atom stereocenters. The predicted octanol–water partition coefficient (Wildman–Crippen LogP) is 4.09. The van der Waals surface area contributed by atoms with E-state index in [1.54, 1.807) is 60.8 Å². The third kappa shape index (κ3) is 3.19. The zero-order chi connectivity index (χ0) is 21.5. The van der Waals surface area contributed by atoms with E-state index >= 15 is 0 Å². The maximum absolute atomic E-state index is 13.1. The number of pyridine rings is 1. The summed E-state index contributed by atoms with van der Waals surface area (Å²) in [6, 6.07) is 14.0. The minimum Gasteiger partial charge on any atom is -0.507 e. The van der Waals surface area contributed by atoms with Gasteiger partial charge in [-0.1, -0.05) is 17.7 Å². The number of Topliss-reactive ketones (excluding diaryl/α,β-unsaturated/α-hetero) is 1. The molecule has 3 aromatic rings. The van der Waals surface area contributed by atoms with Crippen molar-refractivity contribution in [3.8, 4) is 11.5 Å². The van der Waals surface area contributed by atoms with E-state index in [2.05, 4.69) is 4.98 Å². The summed E-state index contributed by atoms with van der Waals surface area (Å²) >= 11 is 5.95. The Balaban J connectivity index is 1.72. The largest absolute Gasteiger partial charge is 0.507 e. The molecule has 2 aliphatic heterocycles. The highest BCUT2D eigenvalue weighted by molar-refractivity contribution is 6.51. The summed E-state index contributed by atoms with van der Waals surface area (Å²) < 4.78 is 10.8. The number of carbonyl (C=O) groups is 2. The van der Waals surface area contributed by atoms with Crippen LogP contribution < -0.4 is 14.4 Å². The number of ketones is 1. The molecule has 8 heteroatoms. The number of aromatic nitrogens is 1. The Morgan fingerprint density at radius 3 is 2.58 bits per heavy atom. The minimum atomic E-state index is -0.880. The van der Waals surface area contributed by atoms with Crippen molar-refractivity contribution in [2.24, 2.45) is 0 Å². The molecule has 1 N–H and O–H groups in total. The van der Waals surface area contributed by atoms with Crippen LogP contribution in [0.2, 0.25) is 5.02 Å². The van der Waals surface area contributed by atoms with Crippen LogP contribution in [-0.4, -0.2) is 28.6 Å². The fourth-order valence-corrected chi connectivity index (χ4v) is 3.88. The Bertz CT molecular complexity index is 1220. The molecule has 1 saturated heterocycles. The molecule has 0 saturated carbocycles. The van der Waals surface area contributed by atoms with E-state index in [0.29, 0.717) is 33.3 Å². The number of anilines is 1. The van der Waals surface area contributed by atoms with Crippen molar-refractivity contribution < 1.29 is 24.2 Å². The molecule has 2 aromatic carbocycles. The van der Waals surface area contributed by atoms with Gasteiger partial charge < -0.3 is 14.6 Å². The Morgan fingerprint density at radius 2 is 1.84 bits per heavy atom. The topological polar surface area (TPSA) is 89.0 Å². The lowest BCUT2D eigenvalue weighted by molar-refractivity contribution is -0.132. The molecule has 5 rings (SSSR count). The van der Waals surface area contributed by atoms with Gasteiger partial charge in [0.15, 0.2) is 11.5 Å². The number of hydrogen-bond acceptors (Lipinski definition) is 6. The number of rotatable bonds is 3. The average molecular weight is 435 g/mol. The SMILES string of the molecule is O=C1C(=O)N(c2cccnc2)C(c2ccc3c(c2)OCO3)/C1=C(\O)c1ccc(Cl)cc1. The molecule has 0 spiro atoms. The number of ether oxygens (including phenoxy) is 2. The quantitative estimate of drug-likeness (QED) is 0.379. The zero-order valence-electron chi connectivity index (χ0n) is 16.0. The standard InChI is InChI=1S/C23H15ClN2O5/c24-15-6-3-13(4-7-15)21(27)19-20(14-5-8-17-18(10-14)31-12-30-17)26(23(29)22(19)28)16-2-1-9-25-11-16/h1-11,20,27H,12H2/b21-19+. The molecule has 1 unspecified atom stereocenters. The molecule has 1 fully saturated rings. The minimum absolute atomic E-state index is 0.0324. The van der Waals surface area contributed by atoms with Crippen LogP contribution in [0.1, 0.15) is 17.2 Å².